The second kappa shape index (κ2) is 5.16. The number of ketones is 1. The largest absolute Gasteiger partial charge is 0.294 e. The lowest BCUT2D eigenvalue weighted by Crippen LogP contribution is -2.54. The summed E-state index contributed by atoms with van der Waals surface area (Å²) in [5.41, 5.74) is 0.799. The average molecular weight is 282 g/mol. The summed E-state index contributed by atoms with van der Waals surface area (Å²) in [7, 11) is 0. The number of carbonyl (C=O) groups excluding carboxylic acids is 2. The van der Waals surface area contributed by atoms with E-state index in [1.165, 1.54) is 18.0 Å². The number of rotatable bonds is 4. The summed E-state index contributed by atoms with van der Waals surface area (Å²) < 4.78 is 1.58. The third kappa shape index (κ3) is 1.95. The van der Waals surface area contributed by atoms with Crippen LogP contribution in [0.2, 0.25) is 5.02 Å². The minimum atomic E-state index is -0.685. The van der Waals surface area contributed by atoms with Crippen LogP contribution in [0.15, 0.2) is 36.9 Å². The minimum Gasteiger partial charge on any atom is -0.294 e. The Morgan fingerprint density at radius 3 is 2.72 bits per heavy atom. The molecule has 2 rings (SSSR count). The van der Waals surface area contributed by atoms with Crippen molar-refractivity contribution in [2.24, 2.45) is 5.92 Å². The molecule has 0 spiro atoms. The zero-order valence-corrected chi connectivity index (χ0v) is 11.4. The van der Waals surface area contributed by atoms with Gasteiger partial charge in [0.25, 0.3) is 0 Å². The summed E-state index contributed by atoms with van der Waals surface area (Å²) in [6.07, 6.45) is 3.00. The molecule has 1 aromatic rings. The first-order chi connectivity index (χ1) is 8.61. The van der Waals surface area contributed by atoms with Gasteiger partial charge in [0.1, 0.15) is 5.92 Å². The fourth-order valence-corrected chi connectivity index (χ4v) is 3.09. The van der Waals surface area contributed by atoms with Crippen molar-refractivity contribution in [3.05, 3.63) is 47.5 Å². The van der Waals surface area contributed by atoms with Gasteiger partial charge in [-0.25, -0.2) is 0 Å². The molecule has 0 bridgehead atoms. The second-order valence-electron chi connectivity index (χ2n) is 3.90. The van der Waals surface area contributed by atoms with Gasteiger partial charge in [-0.1, -0.05) is 48.3 Å². The van der Waals surface area contributed by atoms with Crippen LogP contribution in [0.3, 0.4) is 0 Å². The quantitative estimate of drug-likeness (QED) is 0.369. The van der Waals surface area contributed by atoms with Crippen molar-refractivity contribution in [2.45, 2.75) is 6.04 Å². The normalized spacial score (nSPS) is 22.6. The van der Waals surface area contributed by atoms with Crippen molar-refractivity contribution in [3.63, 3.8) is 0 Å². The molecule has 1 amide bonds. The van der Waals surface area contributed by atoms with Crippen LogP contribution in [0.1, 0.15) is 11.6 Å². The van der Waals surface area contributed by atoms with Gasteiger partial charge in [0.2, 0.25) is 5.91 Å². The molecule has 0 aromatic heterocycles. The third-order valence-electron chi connectivity index (χ3n) is 2.98. The highest BCUT2D eigenvalue weighted by Gasteiger charge is 2.51. The molecule has 1 saturated heterocycles. The molecular formula is C13H12ClNO2S. The van der Waals surface area contributed by atoms with E-state index >= 15 is 0 Å². The van der Waals surface area contributed by atoms with Gasteiger partial charge in [0, 0.05) is 11.3 Å². The number of carbonyl (C=O) groups is 2. The molecule has 2 atom stereocenters. The fourth-order valence-electron chi connectivity index (χ4n) is 2.09. The maximum atomic E-state index is 11.9. The summed E-state index contributed by atoms with van der Waals surface area (Å²) in [6.45, 7) is 3.44. The molecule has 94 valence electrons. The van der Waals surface area contributed by atoms with Crippen molar-refractivity contribution in [2.75, 3.05) is 6.26 Å². The van der Waals surface area contributed by atoms with Gasteiger partial charge in [-0.3, -0.25) is 13.9 Å². The zero-order chi connectivity index (χ0) is 13.3. The summed E-state index contributed by atoms with van der Waals surface area (Å²) in [4.78, 5) is 23.6. The van der Waals surface area contributed by atoms with E-state index in [2.05, 4.69) is 6.58 Å². The third-order valence-corrected chi connectivity index (χ3v) is 4.12. The number of halogens is 1. The van der Waals surface area contributed by atoms with E-state index in [0.717, 1.165) is 5.56 Å². The number of hydrogen-bond acceptors (Lipinski definition) is 3. The molecule has 1 aromatic carbocycles. The standard InChI is InChI=1S/C13H12ClNO2S/c1-3-10(16)11-12(15(18-2)13(11)17)8-6-4-5-7-9(8)14/h3-7,11-12H,1H2,2H3/t11-,12+/m1/s1. The summed E-state index contributed by atoms with van der Waals surface area (Å²) in [6, 6.07) is 6.96. The average Bonchev–Trinajstić information content (AvgIpc) is 2.37. The van der Waals surface area contributed by atoms with Crippen molar-refractivity contribution in [1.82, 2.24) is 4.31 Å². The highest BCUT2D eigenvalue weighted by molar-refractivity contribution is 7.96. The van der Waals surface area contributed by atoms with Crippen LogP contribution in [0, 0.1) is 5.92 Å². The Morgan fingerprint density at radius 1 is 1.50 bits per heavy atom. The molecule has 1 fully saturated rings. The van der Waals surface area contributed by atoms with E-state index < -0.39 is 5.92 Å². The van der Waals surface area contributed by atoms with Gasteiger partial charge in [0.15, 0.2) is 5.78 Å². The van der Waals surface area contributed by atoms with Crippen molar-refractivity contribution < 1.29 is 9.59 Å². The smallest absolute Gasteiger partial charge is 0.246 e. The molecule has 1 aliphatic heterocycles. The van der Waals surface area contributed by atoms with Crippen LogP contribution in [0.5, 0.6) is 0 Å². The number of benzene rings is 1. The molecule has 1 heterocycles. The maximum Gasteiger partial charge on any atom is 0.246 e. The second-order valence-corrected chi connectivity index (χ2v) is 5.06. The Labute approximate surface area is 115 Å². The van der Waals surface area contributed by atoms with Gasteiger partial charge >= 0.3 is 0 Å². The topological polar surface area (TPSA) is 37.4 Å². The molecule has 18 heavy (non-hydrogen) atoms. The van der Waals surface area contributed by atoms with Crippen molar-refractivity contribution >= 4 is 35.2 Å². The van der Waals surface area contributed by atoms with Crippen LogP contribution in [-0.2, 0) is 9.59 Å². The van der Waals surface area contributed by atoms with Gasteiger partial charge < -0.3 is 0 Å². The molecule has 0 unspecified atom stereocenters. The number of amides is 1. The van der Waals surface area contributed by atoms with Crippen molar-refractivity contribution in [3.8, 4) is 0 Å². The van der Waals surface area contributed by atoms with Crippen LogP contribution in [0.25, 0.3) is 0 Å². The molecule has 5 heteroatoms. The lowest BCUT2D eigenvalue weighted by atomic mass is 9.82. The zero-order valence-electron chi connectivity index (χ0n) is 9.80. The molecule has 0 saturated carbocycles. The Bertz CT molecular complexity index is 517. The molecular weight excluding hydrogens is 270 g/mol. The Kier molecular flexibility index (Phi) is 3.78. The first kappa shape index (κ1) is 13.2. The highest BCUT2D eigenvalue weighted by Crippen LogP contribution is 2.46. The van der Waals surface area contributed by atoms with E-state index in [0.29, 0.717) is 5.02 Å². The number of allylic oxidation sites excluding steroid dienone is 1. The monoisotopic (exact) mass is 281 g/mol. The van der Waals surface area contributed by atoms with Gasteiger partial charge in [0.05, 0.1) is 6.04 Å². The number of hydrogen-bond donors (Lipinski definition) is 0. The Balaban J connectivity index is 2.40. The lowest BCUT2D eigenvalue weighted by molar-refractivity contribution is -0.150. The molecule has 0 radical (unpaired) electrons. The fraction of sp³-hybridized carbons (Fsp3) is 0.231. The van der Waals surface area contributed by atoms with Gasteiger partial charge in [-0.05, 0) is 17.7 Å². The lowest BCUT2D eigenvalue weighted by Gasteiger charge is -2.44. The van der Waals surface area contributed by atoms with Crippen LogP contribution < -0.4 is 0 Å². The van der Waals surface area contributed by atoms with Crippen LogP contribution >= 0.6 is 23.5 Å². The summed E-state index contributed by atoms with van der Waals surface area (Å²) in [5.74, 6) is -1.12. The molecule has 0 N–H and O–H groups in total. The Hall–Kier alpha value is -1.26. The summed E-state index contributed by atoms with van der Waals surface area (Å²) >= 11 is 7.43. The van der Waals surface area contributed by atoms with Crippen molar-refractivity contribution in [1.29, 1.82) is 0 Å². The molecule has 0 aliphatic carbocycles. The van der Waals surface area contributed by atoms with E-state index in [1.54, 1.807) is 16.6 Å². The predicted octanol–water partition coefficient (Wildman–Crippen LogP) is 2.87. The predicted molar refractivity (Wildman–Crippen MR) is 73.2 cm³/mol. The SMILES string of the molecule is C=CC(=O)[C@H]1C(=O)N(SC)[C@H]1c1ccccc1Cl. The minimum absolute atomic E-state index is 0.183. The molecule has 3 nitrogen and oxygen atoms in total. The number of nitrogens with zero attached hydrogens (tertiary/aromatic N) is 1. The highest BCUT2D eigenvalue weighted by atomic mass is 35.5. The molecule has 1 aliphatic rings. The van der Waals surface area contributed by atoms with E-state index in [1.807, 2.05) is 18.2 Å². The first-order valence-electron chi connectivity index (χ1n) is 5.39. The van der Waals surface area contributed by atoms with E-state index in [-0.39, 0.29) is 17.7 Å². The number of β-lactam (4-membered cyclic amide) rings is 1. The maximum absolute atomic E-state index is 11.9. The van der Waals surface area contributed by atoms with Crippen LogP contribution in [0.4, 0.5) is 0 Å². The van der Waals surface area contributed by atoms with E-state index in [4.69, 9.17) is 11.6 Å². The first-order valence-corrected chi connectivity index (χ1v) is 6.95. The van der Waals surface area contributed by atoms with E-state index in [9.17, 15) is 9.59 Å². The Morgan fingerprint density at radius 2 is 2.17 bits per heavy atom. The summed E-state index contributed by atoms with van der Waals surface area (Å²) in [5, 5.41) is 0.566. The van der Waals surface area contributed by atoms with Gasteiger partial charge in [-0.2, -0.15) is 0 Å². The van der Waals surface area contributed by atoms with Crippen LogP contribution in [-0.4, -0.2) is 22.3 Å². The van der Waals surface area contributed by atoms with Gasteiger partial charge in [-0.15, -0.1) is 0 Å².